The van der Waals surface area contributed by atoms with Crippen molar-refractivity contribution in [2.45, 2.75) is 284 Å². The van der Waals surface area contributed by atoms with Gasteiger partial charge in [-0.2, -0.15) is 0 Å². The molecule has 0 rings (SSSR count). The molecule has 396 valence electrons. The molecule has 0 unspecified atom stereocenters. The Morgan fingerprint density at radius 1 is 0.304 bits per heavy atom. The smallest absolute Gasteiger partial charge is 0.306 e. The highest BCUT2D eigenvalue weighted by Gasteiger charge is 2.19. The Morgan fingerprint density at radius 3 is 0.884 bits per heavy atom. The maximum Gasteiger partial charge on any atom is 0.306 e. The lowest BCUT2D eigenvalue weighted by molar-refractivity contribution is -0.167. The summed E-state index contributed by atoms with van der Waals surface area (Å²) >= 11 is 0. The Hall–Kier alpha value is -3.41. The Kier molecular flexibility index (Phi) is 54.3. The van der Waals surface area contributed by atoms with Crippen LogP contribution in [0.25, 0.3) is 0 Å². The molecule has 0 aromatic carbocycles. The van der Waals surface area contributed by atoms with Crippen LogP contribution in [0.15, 0.2) is 85.1 Å². The molecular weight excluding hydrogens is 853 g/mol. The van der Waals surface area contributed by atoms with Crippen LogP contribution in [0.4, 0.5) is 0 Å². The minimum atomic E-state index is -0.795. The second-order valence-corrected chi connectivity index (χ2v) is 19.1. The van der Waals surface area contributed by atoms with Crippen LogP contribution >= 0.6 is 0 Å². The first-order valence-electron chi connectivity index (χ1n) is 29.1. The average molecular weight is 962 g/mol. The predicted molar refractivity (Wildman–Crippen MR) is 297 cm³/mol. The van der Waals surface area contributed by atoms with Crippen LogP contribution < -0.4 is 0 Å². The zero-order chi connectivity index (χ0) is 50.0. The Bertz CT molecular complexity index is 1330. The number of esters is 3. The molecule has 0 fully saturated rings. The van der Waals surface area contributed by atoms with Crippen molar-refractivity contribution in [3.05, 3.63) is 85.1 Å². The lowest BCUT2D eigenvalue weighted by Crippen LogP contribution is -2.30. The van der Waals surface area contributed by atoms with E-state index in [2.05, 4.69) is 106 Å². The zero-order valence-electron chi connectivity index (χ0n) is 45.3. The zero-order valence-corrected chi connectivity index (χ0v) is 45.3. The topological polar surface area (TPSA) is 78.9 Å². The van der Waals surface area contributed by atoms with Gasteiger partial charge in [0.05, 0.1) is 0 Å². The van der Waals surface area contributed by atoms with Crippen LogP contribution in [-0.2, 0) is 28.6 Å². The molecule has 0 amide bonds. The number of rotatable bonds is 52. The predicted octanol–water partition coefficient (Wildman–Crippen LogP) is 19.5. The molecule has 69 heavy (non-hydrogen) atoms. The lowest BCUT2D eigenvalue weighted by atomic mass is 10.0. The van der Waals surface area contributed by atoms with Gasteiger partial charge in [0.25, 0.3) is 0 Å². The molecule has 6 heteroatoms. The summed E-state index contributed by atoms with van der Waals surface area (Å²) in [5.41, 5.74) is 0. The second-order valence-electron chi connectivity index (χ2n) is 19.1. The highest BCUT2D eigenvalue weighted by atomic mass is 16.6. The molecular formula is C63H108O6. The quantitative estimate of drug-likeness (QED) is 0.0262. The van der Waals surface area contributed by atoms with Gasteiger partial charge in [0.1, 0.15) is 13.2 Å². The second kappa shape index (κ2) is 57.2. The number of ether oxygens (including phenoxy) is 3. The van der Waals surface area contributed by atoms with Crippen LogP contribution in [0.2, 0.25) is 0 Å². The van der Waals surface area contributed by atoms with Crippen LogP contribution in [0.5, 0.6) is 0 Å². The molecule has 6 nitrogen and oxygen atoms in total. The third-order valence-corrected chi connectivity index (χ3v) is 12.4. The summed E-state index contributed by atoms with van der Waals surface area (Å²) in [5, 5.41) is 0. The van der Waals surface area contributed by atoms with Crippen molar-refractivity contribution in [1.29, 1.82) is 0 Å². The summed E-state index contributed by atoms with van der Waals surface area (Å²) in [4.78, 5) is 38.2. The molecule has 0 heterocycles. The van der Waals surface area contributed by atoms with Gasteiger partial charge in [0.2, 0.25) is 0 Å². The van der Waals surface area contributed by atoms with Crippen LogP contribution in [0, 0.1) is 0 Å². The summed E-state index contributed by atoms with van der Waals surface area (Å²) in [6.45, 7) is 6.40. The van der Waals surface area contributed by atoms with Crippen LogP contribution in [0.1, 0.15) is 278 Å². The molecule has 0 aliphatic carbocycles. The largest absolute Gasteiger partial charge is 0.462 e. The van der Waals surface area contributed by atoms with E-state index in [0.717, 1.165) is 135 Å². The molecule has 1 atom stereocenters. The minimum absolute atomic E-state index is 0.0898. The van der Waals surface area contributed by atoms with Crippen molar-refractivity contribution in [3.63, 3.8) is 0 Å². The summed E-state index contributed by atoms with van der Waals surface area (Å²) < 4.78 is 16.9. The fourth-order valence-corrected chi connectivity index (χ4v) is 8.10. The summed E-state index contributed by atoms with van der Waals surface area (Å²) in [5.74, 6) is -0.923. The van der Waals surface area contributed by atoms with Crippen molar-refractivity contribution >= 4 is 17.9 Å². The number of unbranched alkanes of at least 4 members (excludes halogenated alkanes) is 27. The Labute approximate surface area is 426 Å². The van der Waals surface area contributed by atoms with E-state index in [1.165, 1.54) is 103 Å². The van der Waals surface area contributed by atoms with Gasteiger partial charge in [-0.1, -0.05) is 254 Å². The normalized spacial score (nSPS) is 12.7. The number of hydrogen-bond donors (Lipinski definition) is 0. The third kappa shape index (κ3) is 55.4. The number of hydrogen-bond acceptors (Lipinski definition) is 6. The van der Waals surface area contributed by atoms with E-state index in [1.54, 1.807) is 0 Å². The maximum atomic E-state index is 12.8. The van der Waals surface area contributed by atoms with E-state index in [-0.39, 0.29) is 31.1 Å². The molecule has 0 saturated heterocycles. The maximum absolute atomic E-state index is 12.8. The van der Waals surface area contributed by atoms with E-state index in [1.807, 2.05) is 0 Å². The lowest BCUT2D eigenvalue weighted by Gasteiger charge is -2.18. The van der Waals surface area contributed by atoms with Crippen LogP contribution in [-0.4, -0.2) is 37.2 Å². The summed E-state index contributed by atoms with van der Waals surface area (Å²) in [6.07, 6.45) is 74.3. The molecule has 0 saturated carbocycles. The van der Waals surface area contributed by atoms with Gasteiger partial charge < -0.3 is 14.2 Å². The fourth-order valence-electron chi connectivity index (χ4n) is 8.10. The molecule has 0 aliphatic rings. The van der Waals surface area contributed by atoms with Gasteiger partial charge in [0, 0.05) is 19.3 Å². The first-order valence-corrected chi connectivity index (χ1v) is 29.1. The third-order valence-electron chi connectivity index (χ3n) is 12.4. The van der Waals surface area contributed by atoms with Crippen molar-refractivity contribution in [1.82, 2.24) is 0 Å². The fraction of sp³-hybridized carbons (Fsp3) is 0.730. The Balaban J connectivity index is 4.41. The molecule has 0 aromatic heterocycles. The highest BCUT2D eigenvalue weighted by molar-refractivity contribution is 5.71. The highest BCUT2D eigenvalue weighted by Crippen LogP contribution is 2.16. The van der Waals surface area contributed by atoms with Gasteiger partial charge >= 0.3 is 17.9 Å². The molecule has 0 N–H and O–H groups in total. The van der Waals surface area contributed by atoms with Gasteiger partial charge in [-0.15, -0.1) is 0 Å². The standard InChI is InChI=1S/C63H108O6/c1-4-7-10-13-16-19-22-25-28-30-31-33-36-38-41-44-47-50-53-56-62(65)68-59-60(69-63(66)57-54-51-48-45-42-39-34-27-24-21-18-15-12-9-6-3)58-67-61(64)55-52-49-46-43-40-37-35-32-29-26-23-20-17-14-11-8-5-2/h8-9,11-12,17-18,20-21,26-27,29,34-35,37,60H,4-7,10,13-16,19,22-25,28,30-33,36,38-59H2,1-3H3/b11-8-,12-9-,20-17-,21-18-,29-26-,34-27-,37-35-/t60-/m1/s1. The Morgan fingerprint density at radius 2 is 0.565 bits per heavy atom. The van der Waals surface area contributed by atoms with Crippen molar-refractivity contribution in [2.75, 3.05) is 13.2 Å². The van der Waals surface area contributed by atoms with Gasteiger partial charge in [-0.3, -0.25) is 14.4 Å². The van der Waals surface area contributed by atoms with Gasteiger partial charge in [-0.25, -0.2) is 0 Å². The summed E-state index contributed by atoms with van der Waals surface area (Å²) in [6, 6.07) is 0. The number of carbonyl (C=O) groups is 3. The van der Waals surface area contributed by atoms with E-state index in [9.17, 15) is 14.4 Å². The van der Waals surface area contributed by atoms with Gasteiger partial charge in [-0.05, 0) is 89.9 Å². The molecule has 0 aliphatic heterocycles. The molecule has 0 aromatic rings. The van der Waals surface area contributed by atoms with E-state index in [0.29, 0.717) is 19.3 Å². The minimum Gasteiger partial charge on any atom is -0.462 e. The first-order chi connectivity index (χ1) is 34.0. The van der Waals surface area contributed by atoms with E-state index >= 15 is 0 Å². The number of allylic oxidation sites excluding steroid dienone is 14. The monoisotopic (exact) mass is 961 g/mol. The van der Waals surface area contributed by atoms with E-state index in [4.69, 9.17) is 14.2 Å². The summed E-state index contributed by atoms with van der Waals surface area (Å²) in [7, 11) is 0. The SMILES string of the molecule is CC/C=C\C/C=C\C/C=C\C/C=C\CCCCCCC(=O)OC[C@H](COC(=O)CCCCCCCCCCCCCCCCCCCCC)OC(=O)CCCCCCC/C=C\C/C=C\C/C=C\CC. The molecule has 0 radical (unpaired) electrons. The molecule has 0 spiro atoms. The van der Waals surface area contributed by atoms with Crippen molar-refractivity contribution in [2.24, 2.45) is 0 Å². The first kappa shape index (κ1) is 65.6. The number of carbonyl (C=O) groups excluding carboxylic acids is 3. The molecule has 0 bridgehead atoms. The van der Waals surface area contributed by atoms with Gasteiger partial charge in [0.15, 0.2) is 6.10 Å². The van der Waals surface area contributed by atoms with Crippen molar-refractivity contribution < 1.29 is 28.6 Å². The average Bonchev–Trinajstić information content (AvgIpc) is 3.35. The van der Waals surface area contributed by atoms with Crippen molar-refractivity contribution in [3.8, 4) is 0 Å². The van der Waals surface area contributed by atoms with E-state index < -0.39 is 6.10 Å². The van der Waals surface area contributed by atoms with Crippen LogP contribution in [0.3, 0.4) is 0 Å².